The number of nitro groups is 1. The van der Waals surface area contributed by atoms with Crippen LogP contribution in [0.25, 0.3) is 0 Å². The third kappa shape index (κ3) is 4.64. The van der Waals surface area contributed by atoms with Crippen LogP contribution in [-0.2, 0) is 9.59 Å². The molecule has 0 aromatic heterocycles. The average molecular weight is 426 g/mol. The number of nitro benzene ring substituents is 1. The molecule has 1 saturated carbocycles. The van der Waals surface area contributed by atoms with Gasteiger partial charge in [0.1, 0.15) is 0 Å². The molecule has 0 spiro atoms. The van der Waals surface area contributed by atoms with Crippen LogP contribution in [0.3, 0.4) is 0 Å². The predicted octanol–water partition coefficient (Wildman–Crippen LogP) is 3.16. The number of hydrogen-bond donors (Lipinski definition) is 0. The summed E-state index contributed by atoms with van der Waals surface area (Å²) in [6.07, 6.45) is 0.911. The van der Waals surface area contributed by atoms with E-state index in [1.54, 1.807) is 17.0 Å². The second kappa shape index (κ2) is 8.87. The first-order valence-corrected chi connectivity index (χ1v) is 11.0. The summed E-state index contributed by atoms with van der Waals surface area (Å²) in [5, 5.41) is 10.7. The minimum Gasteiger partial charge on any atom is -0.339 e. The normalized spacial score (nSPS) is 20.7. The van der Waals surface area contributed by atoms with Gasteiger partial charge in [0.2, 0.25) is 11.8 Å². The van der Waals surface area contributed by atoms with Gasteiger partial charge >= 0.3 is 0 Å². The van der Waals surface area contributed by atoms with Crippen LogP contribution in [0.2, 0.25) is 0 Å². The summed E-state index contributed by atoms with van der Waals surface area (Å²) in [5.41, 5.74) is 1.27. The molecule has 30 heavy (non-hydrogen) atoms. The topological polar surface area (TPSA) is 83.8 Å². The van der Waals surface area contributed by atoms with Gasteiger partial charge in [-0.2, -0.15) is 0 Å². The first-order chi connectivity index (χ1) is 14.5. The molecule has 2 fully saturated rings. The number of rotatable bonds is 6. The summed E-state index contributed by atoms with van der Waals surface area (Å²) >= 11 is 1.37. The lowest BCUT2D eigenvalue weighted by molar-refractivity contribution is -0.384. The average Bonchev–Trinajstić information content (AvgIpc) is 3.59. The Kier molecular flexibility index (Phi) is 6.03. The van der Waals surface area contributed by atoms with Crippen molar-refractivity contribution in [3.8, 4) is 0 Å². The lowest BCUT2D eigenvalue weighted by Crippen LogP contribution is -2.51. The van der Waals surface area contributed by atoms with E-state index in [9.17, 15) is 19.7 Å². The molecule has 2 aliphatic rings. The SMILES string of the molecule is O=C(CSc1ccc([N+](=O)[O-])cc1)N1CCN(C(=O)[C@@H]2C[C@H]2c2ccccc2)CC1. The van der Waals surface area contributed by atoms with E-state index in [-0.39, 0.29) is 29.2 Å². The summed E-state index contributed by atoms with van der Waals surface area (Å²) in [6, 6.07) is 16.4. The lowest BCUT2D eigenvalue weighted by Gasteiger charge is -2.35. The smallest absolute Gasteiger partial charge is 0.269 e. The van der Waals surface area contributed by atoms with E-state index in [4.69, 9.17) is 0 Å². The van der Waals surface area contributed by atoms with Gasteiger partial charge in [0.15, 0.2) is 0 Å². The van der Waals surface area contributed by atoms with Crippen molar-refractivity contribution >= 4 is 29.3 Å². The molecule has 2 amide bonds. The van der Waals surface area contributed by atoms with E-state index in [1.807, 2.05) is 23.1 Å². The van der Waals surface area contributed by atoms with E-state index in [2.05, 4.69) is 12.1 Å². The minimum atomic E-state index is -0.440. The van der Waals surface area contributed by atoms with E-state index in [1.165, 1.54) is 29.5 Å². The maximum atomic E-state index is 12.8. The Hall–Kier alpha value is -2.87. The van der Waals surface area contributed by atoms with Gasteiger partial charge in [-0.1, -0.05) is 30.3 Å². The number of amides is 2. The minimum absolute atomic E-state index is 0.0269. The molecule has 2 atom stereocenters. The molecule has 2 aromatic rings. The van der Waals surface area contributed by atoms with Gasteiger partial charge in [0, 0.05) is 49.1 Å². The molecule has 8 heteroatoms. The largest absolute Gasteiger partial charge is 0.339 e. The van der Waals surface area contributed by atoms with Gasteiger partial charge in [-0.3, -0.25) is 19.7 Å². The molecule has 1 saturated heterocycles. The van der Waals surface area contributed by atoms with E-state index < -0.39 is 4.92 Å². The first-order valence-electron chi connectivity index (χ1n) is 10.0. The number of non-ortho nitro benzene ring substituents is 1. The number of benzene rings is 2. The fraction of sp³-hybridized carbons (Fsp3) is 0.364. The van der Waals surface area contributed by atoms with Gasteiger partial charge in [-0.05, 0) is 30.0 Å². The van der Waals surface area contributed by atoms with Crippen LogP contribution < -0.4 is 0 Å². The number of piperazine rings is 1. The number of thioether (sulfide) groups is 1. The van der Waals surface area contributed by atoms with Gasteiger partial charge in [-0.25, -0.2) is 0 Å². The van der Waals surface area contributed by atoms with Crippen molar-refractivity contribution in [1.29, 1.82) is 0 Å². The number of hydrogen-bond acceptors (Lipinski definition) is 5. The molecule has 0 N–H and O–H groups in total. The highest BCUT2D eigenvalue weighted by Gasteiger charge is 2.46. The van der Waals surface area contributed by atoms with Crippen molar-refractivity contribution in [2.45, 2.75) is 17.2 Å². The molecular formula is C22H23N3O4S. The molecule has 1 heterocycles. The third-order valence-electron chi connectivity index (χ3n) is 5.69. The Morgan fingerprint density at radius 1 is 0.967 bits per heavy atom. The van der Waals surface area contributed by atoms with Crippen molar-refractivity contribution in [2.24, 2.45) is 5.92 Å². The van der Waals surface area contributed by atoms with E-state index in [0.717, 1.165) is 11.3 Å². The second-order valence-corrected chi connectivity index (χ2v) is 8.65. The standard InChI is InChI=1S/C22H23N3O4S/c26-21(15-30-18-8-6-17(7-9-18)25(28)29)23-10-12-24(13-11-23)22(27)20-14-19(20)16-4-2-1-3-5-16/h1-9,19-20H,10-15H2/t19-,20+/m0/s1. The summed E-state index contributed by atoms with van der Waals surface area (Å²) in [5.74, 6) is 0.920. The van der Waals surface area contributed by atoms with Gasteiger partial charge in [0.25, 0.3) is 5.69 Å². The summed E-state index contributed by atoms with van der Waals surface area (Å²) < 4.78 is 0. The molecule has 1 aliphatic carbocycles. The van der Waals surface area contributed by atoms with Crippen LogP contribution in [0.15, 0.2) is 59.5 Å². The van der Waals surface area contributed by atoms with Crippen LogP contribution in [0, 0.1) is 16.0 Å². The van der Waals surface area contributed by atoms with Crippen molar-refractivity contribution < 1.29 is 14.5 Å². The maximum absolute atomic E-state index is 12.8. The summed E-state index contributed by atoms with van der Waals surface area (Å²) in [6.45, 7) is 2.25. The van der Waals surface area contributed by atoms with Crippen LogP contribution in [-0.4, -0.2) is 58.5 Å². The molecule has 156 valence electrons. The number of carbonyl (C=O) groups excluding carboxylic acids is 2. The zero-order valence-electron chi connectivity index (χ0n) is 16.5. The predicted molar refractivity (Wildman–Crippen MR) is 114 cm³/mol. The van der Waals surface area contributed by atoms with Gasteiger partial charge in [0.05, 0.1) is 10.7 Å². The molecular weight excluding hydrogens is 402 g/mol. The lowest BCUT2D eigenvalue weighted by atomic mass is 10.1. The van der Waals surface area contributed by atoms with Crippen molar-refractivity contribution in [1.82, 2.24) is 9.80 Å². The molecule has 1 aliphatic heterocycles. The van der Waals surface area contributed by atoms with Crippen LogP contribution in [0.4, 0.5) is 5.69 Å². The highest BCUT2D eigenvalue weighted by molar-refractivity contribution is 8.00. The Bertz CT molecular complexity index is 927. The fourth-order valence-electron chi connectivity index (χ4n) is 3.85. The quantitative estimate of drug-likeness (QED) is 0.403. The molecule has 7 nitrogen and oxygen atoms in total. The van der Waals surface area contributed by atoms with Crippen LogP contribution in [0.5, 0.6) is 0 Å². The Morgan fingerprint density at radius 2 is 1.60 bits per heavy atom. The van der Waals surface area contributed by atoms with E-state index >= 15 is 0 Å². The highest BCUT2D eigenvalue weighted by Crippen LogP contribution is 2.48. The van der Waals surface area contributed by atoms with E-state index in [0.29, 0.717) is 32.1 Å². The number of nitrogens with zero attached hydrogens (tertiary/aromatic N) is 3. The monoisotopic (exact) mass is 425 g/mol. The van der Waals surface area contributed by atoms with Crippen molar-refractivity contribution in [3.63, 3.8) is 0 Å². The second-order valence-electron chi connectivity index (χ2n) is 7.61. The molecule has 0 bridgehead atoms. The Morgan fingerprint density at radius 3 is 2.23 bits per heavy atom. The van der Waals surface area contributed by atoms with Crippen LogP contribution in [0.1, 0.15) is 17.9 Å². The molecule has 4 rings (SSSR count). The first kappa shape index (κ1) is 20.4. The Labute approximate surface area is 179 Å². The highest BCUT2D eigenvalue weighted by atomic mass is 32.2. The van der Waals surface area contributed by atoms with Gasteiger partial charge in [-0.15, -0.1) is 11.8 Å². The van der Waals surface area contributed by atoms with Crippen LogP contribution >= 0.6 is 11.8 Å². The zero-order valence-corrected chi connectivity index (χ0v) is 17.3. The maximum Gasteiger partial charge on any atom is 0.269 e. The summed E-state index contributed by atoms with van der Waals surface area (Å²) in [4.78, 5) is 40.0. The fourth-order valence-corrected chi connectivity index (χ4v) is 4.65. The van der Waals surface area contributed by atoms with Gasteiger partial charge < -0.3 is 9.80 Å². The number of carbonyl (C=O) groups is 2. The third-order valence-corrected chi connectivity index (χ3v) is 6.69. The molecule has 2 aromatic carbocycles. The Balaban J connectivity index is 1.22. The summed E-state index contributed by atoms with van der Waals surface area (Å²) in [7, 11) is 0. The molecule has 0 radical (unpaired) electrons. The van der Waals surface area contributed by atoms with Crippen molar-refractivity contribution in [3.05, 3.63) is 70.3 Å². The molecule has 0 unspecified atom stereocenters. The van der Waals surface area contributed by atoms with Crippen molar-refractivity contribution in [2.75, 3.05) is 31.9 Å². The zero-order chi connectivity index (χ0) is 21.1.